The molecule has 22 heavy (non-hydrogen) atoms. The van der Waals surface area contributed by atoms with Gasteiger partial charge in [-0.2, -0.15) is 5.10 Å². The van der Waals surface area contributed by atoms with Crippen LogP contribution in [0.4, 0.5) is 0 Å². The van der Waals surface area contributed by atoms with Crippen LogP contribution in [0, 0.1) is 0 Å². The average molecular weight is 301 g/mol. The third-order valence-corrected chi connectivity index (χ3v) is 4.36. The monoisotopic (exact) mass is 301 g/mol. The minimum Gasteiger partial charge on any atom is -0.497 e. The fourth-order valence-electron chi connectivity index (χ4n) is 3.12. The Labute approximate surface area is 131 Å². The van der Waals surface area contributed by atoms with E-state index in [-0.39, 0.29) is 0 Å². The van der Waals surface area contributed by atoms with Crippen LogP contribution in [0.2, 0.25) is 0 Å². The van der Waals surface area contributed by atoms with E-state index in [0.717, 1.165) is 30.8 Å². The number of hydrogen-bond donors (Lipinski definition) is 1. The molecule has 1 aliphatic heterocycles. The van der Waals surface area contributed by atoms with Crippen LogP contribution in [0.25, 0.3) is 0 Å². The molecular formula is C17H23N3O2. The number of likely N-dealkylation sites (tertiary alicyclic amines) is 1. The van der Waals surface area contributed by atoms with Crippen molar-refractivity contribution < 1.29 is 9.84 Å². The first-order valence-electron chi connectivity index (χ1n) is 7.80. The Kier molecular flexibility index (Phi) is 4.75. The number of aliphatic hydroxyl groups is 1. The highest BCUT2D eigenvalue weighted by molar-refractivity contribution is 5.28. The first-order chi connectivity index (χ1) is 10.8. The SMILES string of the molecule is COc1ccc([C@H](O)CN2CCC[C@H]2Cn2cccn2)cc1. The van der Waals surface area contributed by atoms with Gasteiger partial charge >= 0.3 is 0 Å². The standard InChI is InChI=1S/C17H23N3O2/c1-22-16-7-5-14(6-8-16)17(21)13-19-10-2-4-15(19)12-20-11-3-9-18-20/h3,5-9,11,15,17,21H,2,4,10,12-13H2,1H3/t15-,17+/m0/s1. The number of β-amino-alcohol motifs (C(OH)–C–C–N with tert-alkyl or cyclic N) is 1. The number of hydrogen-bond acceptors (Lipinski definition) is 4. The van der Waals surface area contributed by atoms with Crippen LogP contribution in [-0.2, 0) is 6.54 Å². The molecule has 0 amide bonds. The number of methoxy groups -OCH3 is 1. The van der Waals surface area contributed by atoms with Crippen molar-refractivity contribution in [2.45, 2.75) is 31.5 Å². The Morgan fingerprint density at radius 2 is 2.18 bits per heavy atom. The molecule has 0 spiro atoms. The summed E-state index contributed by atoms with van der Waals surface area (Å²) in [7, 11) is 1.65. The maximum absolute atomic E-state index is 10.5. The quantitative estimate of drug-likeness (QED) is 0.887. The highest BCUT2D eigenvalue weighted by Gasteiger charge is 2.27. The summed E-state index contributed by atoms with van der Waals surface area (Å²) in [5.41, 5.74) is 0.936. The summed E-state index contributed by atoms with van der Waals surface area (Å²) in [4.78, 5) is 2.37. The number of benzene rings is 1. The second kappa shape index (κ2) is 6.94. The predicted molar refractivity (Wildman–Crippen MR) is 84.8 cm³/mol. The van der Waals surface area contributed by atoms with Crippen LogP contribution < -0.4 is 4.74 Å². The third-order valence-electron chi connectivity index (χ3n) is 4.36. The van der Waals surface area contributed by atoms with Crippen molar-refractivity contribution in [1.29, 1.82) is 0 Å². The van der Waals surface area contributed by atoms with Crippen LogP contribution in [-0.4, -0.2) is 46.0 Å². The minimum atomic E-state index is -0.468. The molecule has 5 heteroatoms. The van der Waals surface area contributed by atoms with Gasteiger partial charge in [-0.1, -0.05) is 12.1 Å². The lowest BCUT2D eigenvalue weighted by molar-refractivity contribution is 0.100. The molecule has 1 fully saturated rings. The lowest BCUT2D eigenvalue weighted by Gasteiger charge is -2.27. The van der Waals surface area contributed by atoms with Crippen molar-refractivity contribution in [3.05, 3.63) is 48.3 Å². The maximum Gasteiger partial charge on any atom is 0.118 e. The van der Waals surface area contributed by atoms with Gasteiger partial charge in [0.15, 0.2) is 0 Å². The van der Waals surface area contributed by atoms with Crippen LogP contribution in [0.3, 0.4) is 0 Å². The summed E-state index contributed by atoms with van der Waals surface area (Å²) in [5, 5.41) is 14.8. The fourth-order valence-corrected chi connectivity index (χ4v) is 3.12. The molecule has 5 nitrogen and oxygen atoms in total. The van der Waals surface area contributed by atoms with E-state index < -0.39 is 6.10 Å². The highest BCUT2D eigenvalue weighted by Crippen LogP contribution is 2.24. The van der Waals surface area contributed by atoms with Gasteiger partial charge in [0.05, 0.1) is 19.8 Å². The van der Waals surface area contributed by atoms with Gasteiger partial charge in [0.25, 0.3) is 0 Å². The summed E-state index contributed by atoms with van der Waals surface area (Å²) in [6, 6.07) is 10.1. The molecule has 2 aromatic rings. The molecule has 0 aliphatic carbocycles. The lowest BCUT2D eigenvalue weighted by Crippen LogP contribution is -2.36. The first-order valence-corrected chi connectivity index (χ1v) is 7.80. The Morgan fingerprint density at radius 3 is 2.86 bits per heavy atom. The van der Waals surface area contributed by atoms with E-state index in [1.807, 2.05) is 47.4 Å². The Hall–Kier alpha value is -1.85. The van der Waals surface area contributed by atoms with Crippen LogP contribution >= 0.6 is 0 Å². The average Bonchev–Trinajstić information content (AvgIpc) is 3.20. The topological polar surface area (TPSA) is 50.5 Å². The van der Waals surface area contributed by atoms with E-state index in [1.54, 1.807) is 7.11 Å². The largest absolute Gasteiger partial charge is 0.497 e. The smallest absolute Gasteiger partial charge is 0.118 e. The fraction of sp³-hybridized carbons (Fsp3) is 0.471. The van der Waals surface area contributed by atoms with E-state index in [4.69, 9.17) is 4.74 Å². The van der Waals surface area contributed by atoms with E-state index in [1.165, 1.54) is 6.42 Å². The molecule has 2 atom stereocenters. The second-order valence-electron chi connectivity index (χ2n) is 5.81. The molecule has 2 heterocycles. The maximum atomic E-state index is 10.5. The number of aliphatic hydroxyl groups excluding tert-OH is 1. The van der Waals surface area contributed by atoms with Crippen LogP contribution in [0.5, 0.6) is 5.75 Å². The van der Waals surface area contributed by atoms with Gasteiger partial charge in [0, 0.05) is 25.0 Å². The van der Waals surface area contributed by atoms with Crippen molar-refractivity contribution in [1.82, 2.24) is 14.7 Å². The highest BCUT2D eigenvalue weighted by atomic mass is 16.5. The van der Waals surface area contributed by atoms with Crippen molar-refractivity contribution in [2.75, 3.05) is 20.2 Å². The summed E-state index contributed by atoms with van der Waals surface area (Å²) in [6.45, 7) is 2.60. The van der Waals surface area contributed by atoms with Crippen molar-refractivity contribution >= 4 is 0 Å². The molecule has 1 aromatic heterocycles. The van der Waals surface area contributed by atoms with E-state index in [0.29, 0.717) is 12.6 Å². The minimum absolute atomic E-state index is 0.452. The molecule has 118 valence electrons. The Bertz CT molecular complexity index is 568. The number of aromatic nitrogens is 2. The van der Waals surface area contributed by atoms with Crippen LogP contribution in [0.1, 0.15) is 24.5 Å². The molecule has 3 rings (SSSR count). The zero-order valence-corrected chi connectivity index (χ0v) is 12.9. The Balaban J connectivity index is 1.60. The van der Waals surface area contributed by atoms with Gasteiger partial charge in [-0.15, -0.1) is 0 Å². The first kappa shape index (κ1) is 15.1. The third kappa shape index (κ3) is 3.48. The molecule has 1 aliphatic rings. The molecule has 1 saturated heterocycles. The molecule has 0 saturated carbocycles. The molecule has 1 aromatic carbocycles. The van der Waals surface area contributed by atoms with Gasteiger partial charge in [0.2, 0.25) is 0 Å². The van der Waals surface area contributed by atoms with Crippen molar-refractivity contribution in [3.8, 4) is 5.75 Å². The summed E-state index contributed by atoms with van der Waals surface area (Å²) in [5.74, 6) is 0.814. The number of ether oxygens (including phenoxy) is 1. The van der Waals surface area contributed by atoms with Gasteiger partial charge < -0.3 is 9.84 Å². The summed E-state index contributed by atoms with van der Waals surface area (Å²) >= 11 is 0. The lowest BCUT2D eigenvalue weighted by atomic mass is 10.1. The van der Waals surface area contributed by atoms with Gasteiger partial charge in [-0.05, 0) is 43.1 Å². The van der Waals surface area contributed by atoms with Crippen molar-refractivity contribution in [2.24, 2.45) is 0 Å². The summed E-state index contributed by atoms with van der Waals surface area (Å²) < 4.78 is 7.13. The number of rotatable bonds is 6. The Morgan fingerprint density at radius 1 is 1.36 bits per heavy atom. The number of nitrogens with zero attached hydrogens (tertiary/aromatic N) is 3. The van der Waals surface area contributed by atoms with Crippen molar-refractivity contribution in [3.63, 3.8) is 0 Å². The normalized spacial score (nSPS) is 20.2. The predicted octanol–water partition coefficient (Wildman–Crippen LogP) is 2.09. The molecule has 1 N–H and O–H groups in total. The second-order valence-corrected chi connectivity index (χ2v) is 5.81. The summed E-state index contributed by atoms with van der Waals surface area (Å²) in [6.07, 6.45) is 5.68. The molecule has 0 unspecified atom stereocenters. The van der Waals surface area contributed by atoms with E-state index >= 15 is 0 Å². The van der Waals surface area contributed by atoms with E-state index in [2.05, 4.69) is 10.00 Å². The molecule has 0 bridgehead atoms. The zero-order valence-electron chi connectivity index (χ0n) is 12.9. The van der Waals surface area contributed by atoms with Crippen LogP contribution in [0.15, 0.2) is 42.7 Å². The molecule has 0 radical (unpaired) electrons. The molecular weight excluding hydrogens is 278 g/mol. The van der Waals surface area contributed by atoms with Gasteiger partial charge in [-0.3, -0.25) is 9.58 Å². The van der Waals surface area contributed by atoms with Gasteiger partial charge in [-0.25, -0.2) is 0 Å². The zero-order chi connectivity index (χ0) is 15.4. The van der Waals surface area contributed by atoms with Gasteiger partial charge in [0.1, 0.15) is 5.75 Å². The van der Waals surface area contributed by atoms with E-state index in [9.17, 15) is 5.11 Å².